The molecule has 90 valence electrons. The molecule has 0 unspecified atom stereocenters. The van der Waals surface area contributed by atoms with Gasteiger partial charge in [0, 0.05) is 19.1 Å². The Bertz CT molecular complexity index is 365. The number of thiazole rings is 1. The second-order valence-electron chi connectivity index (χ2n) is 4.05. The number of rotatable bonds is 5. The summed E-state index contributed by atoms with van der Waals surface area (Å²) >= 11 is 6.97. The Morgan fingerprint density at radius 3 is 2.88 bits per heavy atom. The molecule has 0 saturated carbocycles. The van der Waals surface area contributed by atoms with Gasteiger partial charge in [0.05, 0.1) is 6.20 Å². The van der Waals surface area contributed by atoms with Gasteiger partial charge in [0.1, 0.15) is 4.34 Å². The van der Waals surface area contributed by atoms with E-state index < -0.39 is 5.41 Å². The number of amides is 1. The van der Waals surface area contributed by atoms with Crippen molar-refractivity contribution in [1.29, 1.82) is 0 Å². The van der Waals surface area contributed by atoms with Crippen LogP contribution in [0.25, 0.3) is 0 Å². The number of halogens is 1. The molecule has 0 bridgehead atoms. The van der Waals surface area contributed by atoms with Crippen LogP contribution in [0.4, 0.5) is 5.13 Å². The molecular formula is C10H15ClN2O2S. The van der Waals surface area contributed by atoms with E-state index in [0.717, 1.165) is 0 Å². The lowest BCUT2D eigenvalue weighted by Gasteiger charge is -2.22. The molecule has 0 radical (unpaired) electrons. The van der Waals surface area contributed by atoms with Crippen molar-refractivity contribution in [2.45, 2.75) is 20.3 Å². The number of carbonyl (C=O) groups excluding carboxylic acids is 1. The molecule has 0 aliphatic carbocycles. The van der Waals surface area contributed by atoms with Crippen LogP contribution >= 0.6 is 22.9 Å². The molecule has 16 heavy (non-hydrogen) atoms. The molecule has 1 heterocycles. The smallest absolute Gasteiger partial charge is 0.231 e. The number of hydrogen-bond acceptors (Lipinski definition) is 4. The first-order valence-corrected chi connectivity index (χ1v) is 6.07. The fraction of sp³-hybridized carbons (Fsp3) is 0.600. The first kappa shape index (κ1) is 13.4. The highest BCUT2D eigenvalue weighted by molar-refractivity contribution is 7.19. The molecule has 6 heteroatoms. The van der Waals surface area contributed by atoms with Crippen LogP contribution in [-0.4, -0.2) is 24.6 Å². The number of aromatic nitrogens is 1. The number of methoxy groups -OCH3 is 1. The summed E-state index contributed by atoms with van der Waals surface area (Å²) in [6, 6.07) is 0. The van der Waals surface area contributed by atoms with Crippen molar-refractivity contribution in [2.75, 3.05) is 19.0 Å². The van der Waals surface area contributed by atoms with Crippen LogP contribution in [0.2, 0.25) is 4.34 Å². The third-order valence-electron chi connectivity index (χ3n) is 2.24. The van der Waals surface area contributed by atoms with Crippen LogP contribution in [0.15, 0.2) is 6.20 Å². The Labute approximate surface area is 104 Å². The van der Waals surface area contributed by atoms with Crippen LogP contribution in [0.1, 0.15) is 20.3 Å². The Balaban J connectivity index is 2.57. The lowest BCUT2D eigenvalue weighted by atomic mass is 9.89. The summed E-state index contributed by atoms with van der Waals surface area (Å²) in [6.45, 7) is 4.30. The quantitative estimate of drug-likeness (QED) is 0.888. The maximum Gasteiger partial charge on any atom is 0.231 e. The van der Waals surface area contributed by atoms with Crippen molar-refractivity contribution >= 4 is 34.0 Å². The van der Waals surface area contributed by atoms with Gasteiger partial charge in [-0.2, -0.15) is 0 Å². The van der Waals surface area contributed by atoms with Crippen molar-refractivity contribution in [1.82, 2.24) is 4.98 Å². The molecule has 1 aromatic heterocycles. The summed E-state index contributed by atoms with van der Waals surface area (Å²) in [5, 5.41) is 3.27. The number of nitrogens with zero attached hydrogens (tertiary/aromatic N) is 1. The molecule has 4 nitrogen and oxygen atoms in total. The van der Waals surface area contributed by atoms with E-state index in [-0.39, 0.29) is 5.91 Å². The van der Waals surface area contributed by atoms with Crippen LogP contribution in [-0.2, 0) is 9.53 Å². The van der Waals surface area contributed by atoms with Crippen molar-refractivity contribution in [3.05, 3.63) is 10.5 Å². The van der Waals surface area contributed by atoms with Gasteiger partial charge in [-0.15, -0.1) is 0 Å². The SMILES string of the molecule is COCCC(C)(C)C(=O)Nc1ncc(Cl)s1. The van der Waals surface area contributed by atoms with E-state index in [1.165, 1.54) is 17.5 Å². The standard InChI is InChI=1S/C10H15ClN2O2S/c1-10(2,4-5-15-3)8(14)13-9-12-6-7(11)16-9/h6H,4-5H2,1-3H3,(H,12,13,14). The summed E-state index contributed by atoms with van der Waals surface area (Å²) in [5.41, 5.74) is -0.478. The van der Waals surface area contributed by atoms with Gasteiger partial charge >= 0.3 is 0 Å². The van der Waals surface area contributed by atoms with Crippen molar-refractivity contribution in [2.24, 2.45) is 5.41 Å². The molecule has 0 aromatic carbocycles. The first-order chi connectivity index (χ1) is 7.45. The monoisotopic (exact) mass is 262 g/mol. The van der Waals surface area contributed by atoms with Crippen molar-refractivity contribution < 1.29 is 9.53 Å². The predicted octanol–water partition coefficient (Wildman–Crippen LogP) is 2.80. The molecule has 1 aromatic rings. The third-order valence-corrected chi connectivity index (χ3v) is 3.27. The lowest BCUT2D eigenvalue weighted by Crippen LogP contribution is -2.31. The van der Waals surface area contributed by atoms with E-state index in [1.807, 2.05) is 13.8 Å². The molecule has 0 aliphatic heterocycles. The molecule has 1 rings (SSSR count). The van der Waals surface area contributed by atoms with Gasteiger partial charge in [-0.25, -0.2) is 4.98 Å². The fourth-order valence-electron chi connectivity index (χ4n) is 1.05. The zero-order chi connectivity index (χ0) is 12.2. The van der Waals surface area contributed by atoms with Gasteiger partial charge in [-0.05, 0) is 6.42 Å². The van der Waals surface area contributed by atoms with Gasteiger partial charge in [-0.3, -0.25) is 4.79 Å². The molecule has 0 spiro atoms. The van der Waals surface area contributed by atoms with E-state index in [0.29, 0.717) is 22.5 Å². The fourth-order valence-corrected chi connectivity index (χ4v) is 1.86. The second-order valence-corrected chi connectivity index (χ2v) is 5.71. The number of hydrogen-bond donors (Lipinski definition) is 1. The molecule has 1 amide bonds. The zero-order valence-corrected chi connectivity index (χ0v) is 11.1. The molecule has 1 N–H and O–H groups in total. The average molecular weight is 263 g/mol. The van der Waals surface area contributed by atoms with Gasteiger partial charge < -0.3 is 10.1 Å². The highest BCUT2D eigenvalue weighted by Crippen LogP contribution is 2.26. The Hall–Kier alpha value is -0.650. The van der Waals surface area contributed by atoms with Crippen molar-refractivity contribution in [3.8, 4) is 0 Å². The van der Waals surface area contributed by atoms with E-state index in [2.05, 4.69) is 10.3 Å². The lowest BCUT2D eigenvalue weighted by molar-refractivity contribution is -0.124. The summed E-state index contributed by atoms with van der Waals surface area (Å²) in [5.74, 6) is -0.0735. The molecule has 0 aliphatic rings. The Morgan fingerprint density at radius 1 is 1.69 bits per heavy atom. The molecule has 0 saturated heterocycles. The highest BCUT2D eigenvalue weighted by Gasteiger charge is 2.27. The number of carbonyl (C=O) groups is 1. The van der Waals surface area contributed by atoms with Crippen LogP contribution in [0.3, 0.4) is 0 Å². The number of anilines is 1. The minimum absolute atomic E-state index is 0.0735. The van der Waals surface area contributed by atoms with E-state index in [9.17, 15) is 4.79 Å². The van der Waals surface area contributed by atoms with Gasteiger partial charge in [0.15, 0.2) is 5.13 Å². The summed E-state index contributed by atoms with van der Waals surface area (Å²) < 4.78 is 5.53. The summed E-state index contributed by atoms with van der Waals surface area (Å²) in [7, 11) is 1.62. The Kier molecular flexibility index (Phi) is 4.70. The van der Waals surface area contributed by atoms with Crippen LogP contribution < -0.4 is 5.32 Å². The third kappa shape index (κ3) is 3.73. The summed E-state index contributed by atoms with van der Waals surface area (Å²) in [4.78, 5) is 15.9. The number of ether oxygens (including phenoxy) is 1. The topological polar surface area (TPSA) is 51.2 Å². The summed E-state index contributed by atoms with van der Waals surface area (Å²) in [6.07, 6.45) is 2.18. The van der Waals surface area contributed by atoms with Crippen LogP contribution in [0.5, 0.6) is 0 Å². The Morgan fingerprint density at radius 2 is 2.38 bits per heavy atom. The maximum atomic E-state index is 11.9. The van der Waals surface area contributed by atoms with Crippen molar-refractivity contribution in [3.63, 3.8) is 0 Å². The van der Waals surface area contributed by atoms with E-state index >= 15 is 0 Å². The molecular weight excluding hydrogens is 248 g/mol. The highest BCUT2D eigenvalue weighted by atomic mass is 35.5. The van der Waals surface area contributed by atoms with E-state index in [1.54, 1.807) is 7.11 Å². The minimum atomic E-state index is -0.478. The molecule has 0 atom stereocenters. The largest absolute Gasteiger partial charge is 0.385 e. The van der Waals surface area contributed by atoms with E-state index in [4.69, 9.17) is 16.3 Å². The van der Waals surface area contributed by atoms with Gasteiger partial charge in [-0.1, -0.05) is 36.8 Å². The van der Waals surface area contributed by atoms with Gasteiger partial charge in [0.2, 0.25) is 5.91 Å². The first-order valence-electron chi connectivity index (χ1n) is 4.87. The average Bonchev–Trinajstić information content (AvgIpc) is 2.61. The number of nitrogens with one attached hydrogen (secondary N) is 1. The normalized spacial score (nSPS) is 11.5. The zero-order valence-electron chi connectivity index (χ0n) is 9.54. The molecule has 0 fully saturated rings. The van der Waals surface area contributed by atoms with Crippen LogP contribution in [0, 0.1) is 5.41 Å². The predicted molar refractivity (Wildman–Crippen MR) is 66.0 cm³/mol. The van der Waals surface area contributed by atoms with Gasteiger partial charge in [0.25, 0.3) is 0 Å². The minimum Gasteiger partial charge on any atom is -0.385 e. The second kappa shape index (κ2) is 5.61. The maximum absolute atomic E-state index is 11.9.